The molecule has 3 nitrogen and oxygen atoms in total. The van der Waals surface area contributed by atoms with Crippen molar-refractivity contribution in [1.29, 1.82) is 0 Å². The molecule has 0 aromatic heterocycles. The molecular formula is C12H12F3NO2. The molecule has 1 aliphatic rings. The van der Waals surface area contributed by atoms with E-state index < -0.39 is 17.8 Å². The summed E-state index contributed by atoms with van der Waals surface area (Å²) in [6.07, 6.45) is -4.95. The summed E-state index contributed by atoms with van der Waals surface area (Å²) in [7, 11) is 0. The summed E-state index contributed by atoms with van der Waals surface area (Å²) in [5.74, 6) is -0.331. The van der Waals surface area contributed by atoms with Crippen LogP contribution in [0.1, 0.15) is 30.6 Å². The van der Waals surface area contributed by atoms with Gasteiger partial charge in [0, 0.05) is 24.7 Å². The molecule has 1 aromatic carbocycles. The number of aliphatic hydroxyl groups excluding tert-OH is 1. The molecule has 0 saturated carbocycles. The van der Waals surface area contributed by atoms with E-state index in [0.29, 0.717) is 12.0 Å². The fourth-order valence-electron chi connectivity index (χ4n) is 2.09. The zero-order valence-corrected chi connectivity index (χ0v) is 9.66. The van der Waals surface area contributed by atoms with Gasteiger partial charge >= 0.3 is 6.18 Å². The van der Waals surface area contributed by atoms with E-state index in [2.05, 4.69) is 0 Å². The molecule has 0 aliphatic carbocycles. The monoisotopic (exact) mass is 259 g/mol. The second-order valence-electron chi connectivity index (χ2n) is 4.25. The van der Waals surface area contributed by atoms with Crippen molar-refractivity contribution in [3.8, 4) is 0 Å². The molecule has 2 rings (SSSR count). The number of alkyl halides is 3. The van der Waals surface area contributed by atoms with E-state index in [-0.39, 0.29) is 18.1 Å². The number of hydrogen-bond donors (Lipinski definition) is 1. The van der Waals surface area contributed by atoms with Gasteiger partial charge in [-0.25, -0.2) is 0 Å². The van der Waals surface area contributed by atoms with Crippen LogP contribution in [0.25, 0.3) is 0 Å². The first-order valence-electron chi connectivity index (χ1n) is 5.48. The smallest absolute Gasteiger partial charge is 0.388 e. The maximum atomic E-state index is 12.6. The van der Waals surface area contributed by atoms with E-state index in [1.807, 2.05) is 0 Å². The van der Waals surface area contributed by atoms with Gasteiger partial charge in [-0.1, -0.05) is 6.07 Å². The van der Waals surface area contributed by atoms with Crippen LogP contribution >= 0.6 is 0 Å². The van der Waals surface area contributed by atoms with Crippen LogP contribution in [-0.2, 0) is 11.0 Å². The lowest BCUT2D eigenvalue weighted by Crippen LogP contribution is -2.35. The van der Waals surface area contributed by atoms with Gasteiger partial charge in [0.25, 0.3) is 0 Å². The summed E-state index contributed by atoms with van der Waals surface area (Å²) in [4.78, 5) is 12.7. The third-order valence-corrected chi connectivity index (χ3v) is 3.01. The van der Waals surface area contributed by atoms with E-state index >= 15 is 0 Å². The standard InChI is InChI=1S/C12H12F3NO2/c1-7(17)16-5-4-11(18)9-3-2-8(6-10(9)16)12(13,14)15/h2-3,6,11,18H,4-5H2,1H3. The fraction of sp³-hybridized carbons (Fsp3) is 0.417. The van der Waals surface area contributed by atoms with Crippen molar-refractivity contribution in [2.24, 2.45) is 0 Å². The first-order chi connectivity index (χ1) is 8.30. The van der Waals surface area contributed by atoms with Gasteiger partial charge in [0.05, 0.1) is 11.7 Å². The molecule has 1 amide bonds. The Kier molecular flexibility index (Phi) is 3.06. The lowest BCUT2D eigenvalue weighted by atomic mass is 9.97. The first kappa shape index (κ1) is 12.9. The Morgan fingerprint density at radius 1 is 1.44 bits per heavy atom. The highest BCUT2D eigenvalue weighted by molar-refractivity contribution is 5.93. The van der Waals surface area contributed by atoms with Crippen molar-refractivity contribution in [3.05, 3.63) is 29.3 Å². The summed E-state index contributed by atoms with van der Waals surface area (Å²) in [6, 6.07) is 3.07. The number of nitrogens with zero attached hydrogens (tertiary/aromatic N) is 1. The third-order valence-electron chi connectivity index (χ3n) is 3.01. The number of carbonyl (C=O) groups is 1. The predicted octanol–water partition coefficient (Wildman–Crippen LogP) is 2.50. The molecular weight excluding hydrogens is 247 g/mol. The normalized spacial score (nSPS) is 19.6. The average molecular weight is 259 g/mol. The average Bonchev–Trinajstić information content (AvgIpc) is 2.27. The molecule has 1 aliphatic heterocycles. The maximum Gasteiger partial charge on any atom is 0.416 e. The van der Waals surface area contributed by atoms with Gasteiger partial charge in [-0.15, -0.1) is 0 Å². The van der Waals surface area contributed by atoms with Crippen LogP contribution in [-0.4, -0.2) is 17.6 Å². The van der Waals surface area contributed by atoms with Gasteiger partial charge in [-0.2, -0.15) is 13.2 Å². The van der Waals surface area contributed by atoms with Crippen LogP contribution in [0.15, 0.2) is 18.2 Å². The summed E-state index contributed by atoms with van der Waals surface area (Å²) in [6.45, 7) is 1.52. The van der Waals surface area contributed by atoms with Crippen LogP contribution in [0.3, 0.4) is 0 Å². The van der Waals surface area contributed by atoms with Crippen LogP contribution in [0.2, 0.25) is 0 Å². The molecule has 1 unspecified atom stereocenters. The molecule has 0 saturated heterocycles. The molecule has 1 N–H and O–H groups in total. The van der Waals surface area contributed by atoms with Crippen LogP contribution < -0.4 is 4.90 Å². The van der Waals surface area contributed by atoms with Gasteiger partial charge in [0.15, 0.2) is 0 Å². The highest BCUT2D eigenvalue weighted by Crippen LogP contribution is 2.38. The molecule has 0 bridgehead atoms. The predicted molar refractivity (Wildman–Crippen MR) is 59.0 cm³/mol. The quantitative estimate of drug-likeness (QED) is 0.777. The topological polar surface area (TPSA) is 40.5 Å². The number of rotatable bonds is 0. The van der Waals surface area contributed by atoms with Crippen LogP contribution in [0.5, 0.6) is 0 Å². The Bertz CT molecular complexity index is 485. The van der Waals surface area contributed by atoms with Crippen molar-refractivity contribution in [3.63, 3.8) is 0 Å². The van der Waals surface area contributed by atoms with E-state index in [4.69, 9.17) is 0 Å². The van der Waals surface area contributed by atoms with Crippen LogP contribution in [0, 0.1) is 0 Å². The van der Waals surface area contributed by atoms with Gasteiger partial charge in [-0.3, -0.25) is 4.79 Å². The first-order valence-corrected chi connectivity index (χ1v) is 5.48. The summed E-state index contributed by atoms with van der Waals surface area (Å²) in [5, 5.41) is 9.74. The largest absolute Gasteiger partial charge is 0.416 e. The van der Waals surface area contributed by atoms with E-state index in [9.17, 15) is 23.1 Å². The third kappa shape index (κ3) is 2.20. The molecule has 0 spiro atoms. The Balaban J connectivity index is 2.53. The Labute approximate surface area is 102 Å². The molecule has 1 aromatic rings. The minimum Gasteiger partial charge on any atom is -0.388 e. The van der Waals surface area contributed by atoms with Gasteiger partial charge in [-0.05, 0) is 18.6 Å². The molecule has 6 heteroatoms. The molecule has 0 fully saturated rings. The van der Waals surface area contributed by atoms with Crippen molar-refractivity contribution in [2.45, 2.75) is 25.6 Å². The van der Waals surface area contributed by atoms with E-state index in [1.54, 1.807) is 0 Å². The van der Waals surface area contributed by atoms with Gasteiger partial charge in [0.2, 0.25) is 5.91 Å². The number of benzene rings is 1. The Morgan fingerprint density at radius 3 is 2.67 bits per heavy atom. The zero-order valence-electron chi connectivity index (χ0n) is 9.66. The molecule has 0 radical (unpaired) electrons. The lowest BCUT2D eigenvalue weighted by Gasteiger charge is -2.32. The molecule has 1 atom stereocenters. The SMILES string of the molecule is CC(=O)N1CCC(O)c2ccc(C(F)(F)F)cc21. The number of carbonyl (C=O) groups excluding carboxylic acids is 1. The molecule has 1 heterocycles. The summed E-state index contributed by atoms with van der Waals surface area (Å²) >= 11 is 0. The van der Waals surface area contributed by atoms with Crippen molar-refractivity contribution < 1.29 is 23.1 Å². The number of fused-ring (bicyclic) bond motifs is 1. The minimum atomic E-state index is -4.46. The number of aliphatic hydroxyl groups is 1. The highest BCUT2D eigenvalue weighted by atomic mass is 19.4. The highest BCUT2D eigenvalue weighted by Gasteiger charge is 2.34. The molecule has 98 valence electrons. The van der Waals surface area contributed by atoms with E-state index in [1.165, 1.54) is 17.9 Å². The van der Waals surface area contributed by atoms with Gasteiger partial charge < -0.3 is 10.0 Å². The summed E-state index contributed by atoms with van der Waals surface area (Å²) in [5.41, 5.74) is -0.304. The number of amides is 1. The minimum absolute atomic E-state index is 0.149. The Hall–Kier alpha value is -1.56. The number of hydrogen-bond acceptors (Lipinski definition) is 2. The number of halogens is 3. The molecule has 18 heavy (non-hydrogen) atoms. The van der Waals surface area contributed by atoms with Gasteiger partial charge in [0.1, 0.15) is 0 Å². The van der Waals surface area contributed by atoms with Crippen molar-refractivity contribution in [1.82, 2.24) is 0 Å². The Morgan fingerprint density at radius 2 is 2.11 bits per heavy atom. The van der Waals surface area contributed by atoms with Crippen LogP contribution in [0.4, 0.5) is 18.9 Å². The summed E-state index contributed by atoms with van der Waals surface area (Å²) < 4.78 is 37.9. The lowest BCUT2D eigenvalue weighted by molar-refractivity contribution is -0.137. The maximum absolute atomic E-state index is 12.6. The van der Waals surface area contributed by atoms with E-state index in [0.717, 1.165) is 12.1 Å². The van der Waals surface area contributed by atoms with Crippen molar-refractivity contribution in [2.75, 3.05) is 11.4 Å². The second kappa shape index (κ2) is 4.28. The number of anilines is 1. The second-order valence-corrected chi connectivity index (χ2v) is 4.25. The zero-order chi connectivity index (χ0) is 13.5. The fourth-order valence-corrected chi connectivity index (χ4v) is 2.09. The van der Waals surface area contributed by atoms with Crippen molar-refractivity contribution >= 4 is 11.6 Å².